The highest BCUT2D eigenvalue weighted by Crippen LogP contribution is 2.27. The molecule has 3 aromatic heterocycles. The van der Waals surface area contributed by atoms with E-state index in [2.05, 4.69) is 38.7 Å². The average molecular weight is 357 g/mol. The number of nitrogens with zero attached hydrogens (tertiary/aromatic N) is 2. The van der Waals surface area contributed by atoms with Gasteiger partial charge in [-0.2, -0.15) is 5.10 Å². The first kappa shape index (κ1) is 16.6. The number of nitrogens with one attached hydrogen (secondary N) is 1. The van der Waals surface area contributed by atoms with Crippen molar-refractivity contribution in [3.8, 4) is 10.6 Å². The maximum absolute atomic E-state index is 5.85. The number of rotatable bonds is 7. The number of H-pyrrole nitrogens is 1. The lowest BCUT2D eigenvalue weighted by atomic mass is 10.1. The second kappa shape index (κ2) is 7.56. The van der Waals surface area contributed by atoms with Crippen LogP contribution >= 0.6 is 11.3 Å². The van der Waals surface area contributed by atoms with Gasteiger partial charge in [0.25, 0.3) is 0 Å². The summed E-state index contributed by atoms with van der Waals surface area (Å²) >= 11 is 1.73. The molecule has 4 heterocycles. The van der Waals surface area contributed by atoms with Crippen LogP contribution in [0.3, 0.4) is 0 Å². The molecule has 0 radical (unpaired) electrons. The van der Waals surface area contributed by atoms with Gasteiger partial charge in [-0.15, -0.1) is 11.3 Å². The van der Waals surface area contributed by atoms with Crippen molar-refractivity contribution in [2.75, 3.05) is 13.2 Å². The predicted octanol–water partition coefficient (Wildman–Crippen LogP) is 4.22. The normalized spacial score (nSPS) is 17.6. The van der Waals surface area contributed by atoms with E-state index in [9.17, 15) is 0 Å². The number of aromatic nitrogens is 2. The Morgan fingerprint density at radius 2 is 2.28 bits per heavy atom. The first-order chi connectivity index (χ1) is 12.3. The summed E-state index contributed by atoms with van der Waals surface area (Å²) in [6, 6.07) is 8.28. The Kier molecular flexibility index (Phi) is 5.01. The van der Waals surface area contributed by atoms with Gasteiger partial charge in [-0.05, 0) is 43.3 Å². The van der Waals surface area contributed by atoms with E-state index >= 15 is 0 Å². The van der Waals surface area contributed by atoms with Gasteiger partial charge in [0.2, 0.25) is 0 Å². The van der Waals surface area contributed by atoms with Gasteiger partial charge in [0, 0.05) is 25.3 Å². The van der Waals surface area contributed by atoms with E-state index in [0.29, 0.717) is 6.10 Å². The van der Waals surface area contributed by atoms with E-state index in [1.54, 1.807) is 11.3 Å². The summed E-state index contributed by atoms with van der Waals surface area (Å²) < 4.78 is 11.7. The molecule has 0 unspecified atom stereocenters. The fourth-order valence-corrected chi connectivity index (χ4v) is 4.11. The molecule has 5 nitrogen and oxygen atoms in total. The van der Waals surface area contributed by atoms with Crippen molar-refractivity contribution in [2.24, 2.45) is 0 Å². The van der Waals surface area contributed by atoms with Gasteiger partial charge in [-0.25, -0.2) is 0 Å². The van der Waals surface area contributed by atoms with Crippen molar-refractivity contribution in [3.63, 3.8) is 0 Å². The van der Waals surface area contributed by atoms with Crippen LogP contribution in [0.5, 0.6) is 0 Å². The van der Waals surface area contributed by atoms with Crippen LogP contribution in [0.15, 0.2) is 40.3 Å². The van der Waals surface area contributed by atoms with Crippen molar-refractivity contribution in [1.29, 1.82) is 0 Å². The molecule has 0 spiro atoms. The summed E-state index contributed by atoms with van der Waals surface area (Å²) in [6.07, 6.45) is 4.54. The zero-order valence-electron chi connectivity index (χ0n) is 14.4. The van der Waals surface area contributed by atoms with Crippen LogP contribution < -0.4 is 0 Å². The third-order valence-corrected chi connectivity index (χ3v) is 5.43. The molecular formula is C19H23N3O2S. The maximum Gasteiger partial charge on any atom is 0.118 e. The van der Waals surface area contributed by atoms with E-state index in [0.717, 1.165) is 56.3 Å². The highest BCUT2D eigenvalue weighted by atomic mass is 32.1. The largest absolute Gasteiger partial charge is 0.465 e. The molecule has 25 heavy (non-hydrogen) atoms. The van der Waals surface area contributed by atoms with E-state index in [4.69, 9.17) is 9.15 Å². The highest BCUT2D eigenvalue weighted by Gasteiger charge is 2.22. The molecular weight excluding hydrogens is 334 g/mol. The SMILES string of the molecule is Cc1ccc(CN(Cc2cn[nH]c2-c2cccs2)C[C@H]2CCCO2)o1. The molecule has 1 aliphatic heterocycles. The zero-order valence-corrected chi connectivity index (χ0v) is 15.2. The minimum absolute atomic E-state index is 0.313. The minimum Gasteiger partial charge on any atom is -0.465 e. The van der Waals surface area contributed by atoms with E-state index in [1.165, 1.54) is 10.4 Å². The van der Waals surface area contributed by atoms with Crippen molar-refractivity contribution in [3.05, 3.63) is 52.9 Å². The topological polar surface area (TPSA) is 54.3 Å². The fourth-order valence-electron chi connectivity index (χ4n) is 3.36. The Balaban J connectivity index is 1.52. The molecule has 0 aromatic carbocycles. The summed E-state index contributed by atoms with van der Waals surface area (Å²) in [5.41, 5.74) is 2.33. The molecule has 0 bridgehead atoms. The Bertz CT molecular complexity index is 787. The lowest BCUT2D eigenvalue weighted by molar-refractivity contribution is 0.0654. The molecule has 1 saturated heterocycles. The minimum atomic E-state index is 0.313. The summed E-state index contributed by atoms with van der Waals surface area (Å²) in [6.45, 7) is 5.38. The Hall–Kier alpha value is -1.89. The monoisotopic (exact) mass is 357 g/mol. The van der Waals surface area contributed by atoms with Gasteiger partial charge in [0.15, 0.2) is 0 Å². The molecule has 1 atom stereocenters. The van der Waals surface area contributed by atoms with Crippen molar-refractivity contribution >= 4 is 11.3 Å². The van der Waals surface area contributed by atoms with Gasteiger partial charge in [0.05, 0.1) is 29.4 Å². The Morgan fingerprint density at radius 1 is 1.32 bits per heavy atom. The van der Waals surface area contributed by atoms with E-state index in [-0.39, 0.29) is 0 Å². The van der Waals surface area contributed by atoms with Gasteiger partial charge in [0.1, 0.15) is 11.5 Å². The molecule has 6 heteroatoms. The van der Waals surface area contributed by atoms with E-state index in [1.807, 2.05) is 19.2 Å². The number of aromatic amines is 1. The Labute approximate surface area is 151 Å². The number of furan rings is 1. The lowest BCUT2D eigenvalue weighted by Crippen LogP contribution is -2.31. The molecule has 1 aliphatic rings. The predicted molar refractivity (Wildman–Crippen MR) is 98.4 cm³/mol. The fraction of sp³-hybridized carbons (Fsp3) is 0.421. The summed E-state index contributed by atoms with van der Waals surface area (Å²) in [5.74, 6) is 1.95. The second-order valence-electron chi connectivity index (χ2n) is 6.56. The van der Waals surface area contributed by atoms with Gasteiger partial charge in [-0.1, -0.05) is 6.07 Å². The molecule has 0 amide bonds. The quantitative estimate of drug-likeness (QED) is 0.688. The number of aryl methyl sites for hydroxylation is 1. The molecule has 0 saturated carbocycles. The van der Waals surface area contributed by atoms with Crippen molar-refractivity contribution < 1.29 is 9.15 Å². The lowest BCUT2D eigenvalue weighted by Gasteiger charge is -2.24. The van der Waals surface area contributed by atoms with Crippen LogP contribution in [-0.4, -0.2) is 34.4 Å². The van der Waals surface area contributed by atoms with Gasteiger partial charge >= 0.3 is 0 Å². The number of thiophene rings is 1. The van der Waals surface area contributed by atoms with Crippen LogP contribution in [-0.2, 0) is 17.8 Å². The maximum atomic E-state index is 5.85. The molecule has 1 fully saturated rings. The van der Waals surface area contributed by atoms with E-state index < -0.39 is 0 Å². The number of hydrogen-bond acceptors (Lipinski definition) is 5. The second-order valence-corrected chi connectivity index (χ2v) is 7.51. The van der Waals surface area contributed by atoms with Crippen LogP contribution in [0, 0.1) is 6.92 Å². The molecule has 132 valence electrons. The summed E-state index contributed by atoms with van der Waals surface area (Å²) in [5, 5.41) is 9.52. The van der Waals surface area contributed by atoms with Gasteiger partial charge < -0.3 is 9.15 Å². The third kappa shape index (κ3) is 4.03. The van der Waals surface area contributed by atoms with Crippen molar-refractivity contribution in [2.45, 2.75) is 39.0 Å². The smallest absolute Gasteiger partial charge is 0.118 e. The average Bonchev–Trinajstić information content (AvgIpc) is 3.34. The summed E-state index contributed by atoms with van der Waals surface area (Å²) in [4.78, 5) is 3.62. The van der Waals surface area contributed by atoms with Crippen LogP contribution in [0.25, 0.3) is 10.6 Å². The molecule has 0 aliphatic carbocycles. The zero-order chi connectivity index (χ0) is 17.1. The van der Waals surface area contributed by atoms with Crippen molar-refractivity contribution in [1.82, 2.24) is 15.1 Å². The molecule has 3 aromatic rings. The number of hydrogen-bond donors (Lipinski definition) is 1. The first-order valence-electron chi connectivity index (χ1n) is 8.73. The van der Waals surface area contributed by atoms with Crippen LogP contribution in [0.4, 0.5) is 0 Å². The van der Waals surface area contributed by atoms with Crippen LogP contribution in [0.2, 0.25) is 0 Å². The summed E-state index contributed by atoms with van der Waals surface area (Å²) in [7, 11) is 0. The van der Waals surface area contributed by atoms with Gasteiger partial charge in [-0.3, -0.25) is 10.00 Å². The highest BCUT2D eigenvalue weighted by molar-refractivity contribution is 7.13. The molecule has 4 rings (SSSR count). The standard InChI is InChI=1S/C19H23N3O2S/c1-14-6-7-17(24-14)13-22(12-16-4-2-8-23-16)11-15-10-20-21-19(15)18-5-3-9-25-18/h3,5-7,9-10,16H,2,4,8,11-13H2,1H3,(H,20,21)/t16-/m1/s1. The first-order valence-corrected chi connectivity index (χ1v) is 9.61. The third-order valence-electron chi connectivity index (χ3n) is 4.54. The number of ether oxygens (including phenoxy) is 1. The Morgan fingerprint density at radius 3 is 3.00 bits per heavy atom. The molecule has 1 N–H and O–H groups in total. The van der Waals surface area contributed by atoms with Crippen LogP contribution in [0.1, 0.15) is 29.9 Å².